The molecule has 0 aromatic carbocycles. The van der Waals surface area contributed by atoms with Crippen molar-refractivity contribution in [1.82, 2.24) is 0 Å². The summed E-state index contributed by atoms with van der Waals surface area (Å²) in [5.74, 6) is 0. The number of rotatable bonds is 0. The third kappa shape index (κ3) is 266. The van der Waals surface area contributed by atoms with Crippen LogP contribution in [0, 0.1) is 0 Å². The van der Waals surface area contributed by atoms with Gasteiger partial charge in [0.1, 0.15) is 0 Å². The van der Waals surface area contributed by atoms with Gasteiger partial charge in [-0.3, -0.25) is 0 Å². The summed E-state index contributed by atoms with van der Waals surface area (Å²) in [4.78, 5) is 0. The average Bonchev–Trinajstić information content (AvgIpc) is 0.722. The quantitative estimate of drug-likeness (QED) is 0.457. The third-order valence-corrected chi connectivity index (χ3v) is 0. The first-order valence-electron chi connectivity index (χ1n) is 0.617. The second-order valence-electron chi connectivity index (χ2n) is 0.350. The minimum absolute atomic E-state index is 0. The Morgan fingerprint density at radius 2 is 0.500 bits per heavy atom. The number of halogens is 4. The Morgan fingerprint density at radius 1 is 0.500 bits per heavy atom. The molecule has 0 aromatic heterocycles. The van der Waals surface area contributed by atoms with Crippen LogP contribution in [0.3, 0.4) is 0 Å². The molecule has 5 nitrogen and oxygen atoms in total. The summed E-state index contributed by atoms with van der Waals surface area (Å²) >= 11 is -3.28. The molecule has 0 saturated carbocycles. The third-order valence-electron chi connectivity index (χ3n) is 0. The molecule has 0 saturated heterocycles. The molecule has 74 valence electrons. The number of hydrogen-bond acceptors (Lipinski definition) is 0. The Bertz CT molecular complexity index is 29.1. The summed E-state index contributed by atoms with van der Waals surface area (Å²) in [7, 11) is 20.1. The van der Waals surface area contributed by atoms with Crippen LogP contribution in [0.5, 0.6) is 0 Å². The molecular formula is H10Cl4O5W. The molecule has 10 N–H and O–H groups in total. The SMILES string of the molecule is O.O.O.O.O.[Cl][W]([Cl])([Cl])[Cl]. The van der Waals surface area contributed by atoms with Crippen molar-refractivity contribution >= 4 is 37.7 Å². The van der Waals surface area contributed by atoms with Gasteiger partial charge >= 0.3 is 49.6 Å². The van der Waals surface area contributed by atoms with E-state index in [-0.39, 0.29) is 27.4 Å². The Kier molecular flexibility index (Phi) is 70.2. The standard InChI is InChI=1S/4ClH.5H2O.W/h4*1H;5*1H2;/q;;;;;;;;;+4/p-4. The molecule has 10 heteroatoms. The van der Waals surface area contributed by atoms with Crippen molar-refractivity contribution < 1.29 is 39.3 Å². The first-order valence-corrected chi connectivity index (χ1v) is 15.2. The van der Waals surface area contributed by atoms with Crippen molar-refractivity contribution in [2.75, 3.05) is 0 Å². The molecule has 0 aromatic rings. The maximum atomic E-state index is 5.03. The van der Waals surface area contributed by atoms with Crippen LogP contribution >= 0.6 is 37.7 Å². The van der Waals surface area contributed by atoms with Gasteiger partial charge in [-0.15, -0.1) is 0 Å². The second kappa shape index (κ2) is 16.9. The Labute approximate surface area is 76.6 Å². The molecule has 0 aliphatic heterocycles. The van der Waals surface area contributed by atoms with Crippen molar-refractivity contribution in [1.29, 1.82) is 0 Å². The van der Waals surface area contributed by atoms with Crippen molar-refractivity contribution in [2.45, 2.75) is 0 Å². The summed E-state index contributed by atoms with van der Waals surface area (Å²) in [6.45, 7) is 0. The van der Waals surface area contributed by atoms with Crippen LogP contribution in [0.2, 0.25) is 0 Å². The van der Waals surface area contributed by atoms with Crippen molar-refractivity contribution in [3.05, 3.63) is 0 Å². The minimum atomic E-state index is -3.28. The van der Waals surface area contributed by atoms with Gasteiger partial charge in [-0.1, -0.05) is 0 Å². The van der Waals surface area contributed by atoms with E-state index in [0.29, 0.717) is 0 Å². The van der Waals surface area contributed by atoms with E-state index in [1.54, 1.807) is 0 Å². The van der Waals surface area contributed by atoms with Gasteiger partial charge in [0, 0.05) is 0 Å². The van der Waals surface area contributed by atoms with Crippen molar-refractivity contribution in [2.24, 2.45) is 0 Å². The summed E-state index contributed by atoms with van der Waals surface area (Å²) in [5.41, 5.74) is 0. The topological polar surface area (TPSA) is 158 Å². The normalized spacial score (nSPS) is 7.60. The van der Waals surface area contributed by atoms with Crippen LogP contribution in [-0.4, -0.2) is 27.4 Å². The predicted molar refractivity (Wildman–Crippen MR) is 41.5 cm³/mol. The van der Waals surface area contributed by atoms with Crippen LogP contribution < -0.4 is 0 Å². The van der Waals surface area contributed by atoms with Gasteiger partial charge < -0.3 is 27.4 Å². The first-order chi connectivity index (χ1) is 2.00. The van der Waals surface area contributed by atoms with E-state index in [4.69, 9.17) is 37.7 Å². The van der Waals surface area contributed by atoms with E-state index in [2.05, 4.69) is 0 Å². The van der Waals surface area contributed by atoms with Crippen LogP contribution in [0.15, 0.2) is 0 Å². The van der Waals surface area contributed by atoms with E-state index in [1.807, 2.05) is 0 Å². The fraction of sp³-hybridized carbons (Fsp3) is 0. The van der Waals surface area contributed by atoms with Gasteiger partial charge in [0.25, 0.3) is 0 Å². The van der Waals surface area contributed by atoms with Gasteiger partial charge in [0.2, 0.25) is 0 Å². The molecule has 0 aliphatic carbocycles. The average molecular weight is 416 g/mol. The summed E-state index contributed by atoms with van der Waals surface area (Å²) in [5, 5.41) is 0. The molecule has 0 unspecified atom stereocenters. The Balaban J connectivity index is -0.00000000800. The molecule has 0 aliphatic rings. The molecule has 0 amide bonds. The molecule has 0 radical (unpaired) electrons. The van der Waals surface area contributed by atoms with Crippen LogP contribution in [0.4, 0.5) is 0 Å². The second-order valence-corrected chi connectivity index (χ2v) is 25.8. The molecule has 0 fully saturated rings. The summed E-state index contributed by atoms with van der Waals surface area (Å²) < 4.78 is 0. The first kappa shape index (κ1) is 41.4. The van der Waals surface area contributed by atoms with E-state index < -0.39 is 11.9 Å². The maximum absolute atomic E-state index is 5.03. The fourth-order valence-electron chi connectivity index (χ4n) is 0. The van der Waals surface area contributed by atoms with Gasteiger partial charge in [0.05, 0.1) is 0 Å². The molecule has 0 atom stereocenters. The predicted octanol–water partition coefficient (Wildman–Crippen LogP) is -1.37. The van der Waals surface area contributed by atoms with Gasteiger partial charge in [0.15, 0.2) is 0 Å². The van der Waals surface area contributed by atoms with Gasteiger partial charge in [-0.25, -0.2) is 0 Å². The Morgan fingerprint density at radius 3 is 0.500 bits per heavy atom. The zero-order valence-electron chi connectivity index (χ0n) is 4.42. The molecule has 0 heterocycles. The van der Waals surface area contributed by atoms with E-state index in [1.165, 1.54) is 0 Å². The van der Waals surface area contributed by atoms with Crippen LogP contribution in [-0.2, 0) is 11.9 Å². The van der Waals surface area contributed by atoms with Crippen LogP contribution in [0.1, 0.15) is 0 Å². The molecular weight excluding hydrogens is 406 g/mol. The van der Waals surface area contributed by atoms with Gasteiger partial charge in [-0.05, 0) is 0 Å². The van der Waals surface area contributed by atoms with E-state index >= 15 is 0 Å². The number of hydrogen-bond donors (Lipinski definition) is 0. The van der Waals surface area contributed by atoms with Gasteiger partial charge in [-0.2, -0.15) is 0 Å². The van der Waals surface area contributed by atoms with E-state index in [9.17, 15) is 0 Å². The zero-order valence-corrected chi connectivity index (χ0v) is 10.4. The zero-order chi connectivity index (χ0) is 4.50. The monoisotopic (exact) mass is 414 g/mol. The molecule has 0 spiro atoms. The van der Waals surface area contributed by atoms with Crippen molar-refractivity contribution in [3.8, 4) is 0 Å². The van der Waals surface area contributed by atoms with Crippen molar-refractivity contribution in [3.63, 3.8) is 0 Å². The molecule has 0 bridgehead atoms. The summed E-state index contributed by atoms with van der Waals surface area (Å²) in [6.07, 6.45) is 0. The Hall–Kier alpha value is 1.65. The molecule has 10 heavy (non-hydrogen) atoms. The molecule has 0 rings (SSSR count). The fourth-order valence-corrected chi connectivity index (χ4v) is 0. The van der Waals surface area contributed by atoms with Crippen LogP contribution in [0.25, 0.3) is 0 Å². The summed E-state index contributed by atoms with van der Waals surface area (Å²) in [6, 6.07) is 0. The van der Waals surface area contributed by atoms with E-state index in [0.717, 1.165) is 0 Å².